The average molecular weight is 334 g/mol. The Morgan fingerprint density at radius 1 is 1.43 bits per heavy atom. The summed E-state index contributed by atoms with van der Waals surface area (Å²) in [7, 11) is -2.36. The molecule has 6 nitrogen and oxygen atoms in total. The maximum atomic E-state index is 12.4. The number of methoxy groups -OCH3 is 1. The summed E-state index contributed by atoms with van der Waals surface area (Å²) in [5.74, 6) is -1.21. The summed E-state index contributed by atoms with van der Waals surface area (Å²) in [5.41, 5.74) is -0.130. The summed E-state index contributed by atoms with van der Waals surface area (Å²) in [6.45, 7) is 0. The number of hydrogen-bond donors (Lipinski definition) is 2. The molecule has 0 spiro atoms. The van der Waals surface area contributed by atoms with Crippen LogP contribution in [0.1, 0.15) is 29.6 Å². The van der Waals surface area contributed by atoms with Crippen LogP contribution in [-0.4, -0.2) is 38.7 Å². The van der Waals surface area contributed by atoms with Crippen molar-refractivity contribution in [1.29, 1.82) is 0 Å². The van der Waals surface area contributed by atoms with Gasteiger partial charge < -0.3 is 9.84 Å². The van der Waals surface area contributed by atoms with E-state index in [9.17, 15) is 13.2 Å². The number of sulfonamides is 1. The Labute approximate surface area is 128 Å². The molecule has 2 unspecified atom stereocenters. The molecule has 0 bridgehead atoms. The second-order valence-corrected chi connectivity index (χ2v) is 6.97. The van der Waals surface area contributed by atoms with Crippen molar-refractivity contribution in [3.05, 3.63) is 28.8 Å². The first-order chi connectivity index (χ1) is 9.85. The summed E-state index contributed by atoms with van der Waals surface area (Å²) in [6.07, 6.45) is 2.15. The minimum Gasteiger partial charge on any atom is -0.478 e. The summed E-state index contributed by atoms with van der Waals surface area (Å²) in [6, 6.07) is 3.26. The van der Waals surface area contributed by atoms with Gasteiger partial charge in [0.25, 0.3) is 0 Å². The predicted molar refractivity (Wildman–Crippen MR) is 77.2 cm³/mol. The predicted octanol–water partition coefficient (Wildman–Crippen LogP) is 1.88. The lowest BCUT2D eigenvalue weighted by molar-refractivity contribution is 0.0696. The van der Waals surface area contributed by atoms with Gasteiger partial charge in [0.2, 0.25) is 10.0 Å². The van der Waals surface area contributed by atoms with E-state index in [0.717, 1.165) is 18.9 Å². The van der Waals surface area contributed by atoms with Gasteiger partial charge in [0, 0.05) is 13.2 Å². The fourth-order valence-electron chi connectivity index (χ4n) is 2.45. The molecule has 0 heterocycles. The van der Waals surface area contributed by atoms with Crippen LogP contribution in [0.15, 0.2) is 23.1 Å². The number of benzene rings is 1. The third-order valence-corrected chi connectivity index (χ3v) is 5.50. The van der Waals surface area contributed by atoms with Gasteiger partial charge in [-0.15, -0.1) is 0 Å². The molecule has 1 aromatic carbocycles. The molecular weight excluding hydrogens is 318 g/mol. The van der Waals surface area contributed by atoms with E-state index in [4.69, 9.17) is 21.4 Å². The highest BCUT2D eigenvalue weighted by molar-refractivity contribution is 7.89. The minimum absolute atomic E-state index is 0.0144. The first-order valence-corrected chi connectivity index (χ1v) is 8.29. The van der Waals surface area contributed by atoms with Gasteiger partial charge in [-0.2, -0.15) is 0 Å². The van der Waals surface area contributed by atoms with Gasteiger partial charge in [0.1, 0.15) is 4.90 Å². The van der Waals surface area contributed by atoms with Crippen molar-refractivity contribution in [1.82, 2.24) is 4.72 Å². The van der Waals surface area contributed by atoms with Crippen molar-refractivity contribution >= 4 is 27.6 Å². The third-order valence-electron chi connectivity index (χ3n) is 3.53. The highest BCUT2D eigenvalue weighted by atomic mass is 35.5. The van der Waals surface area contributed by atoms with Crippen molar-refractivity contribution in [3.63, 3.8) is 0 Å². The van der Waals surface area contributed by atoms with Crippen LogP contribution < -0.4 is 4.72 Å². The molecule has 1 aliphatic rings. The fraction of sp³-hybridized carbons (Fsp3) is 0.462. The number of halogens is 1. The molecule has 2 N–H and O–H groups in total. The molecule has 8 heteroatoms. The Hall–Kier alpha value is -1.15. The van der Waals surface area contributed by atoms with E-state index in [1.165, 1.54) is 19.2 Å². The van der Waals surface area contributed by atoms with E-state index in [-0.39, 0.29) is 27.6 Å². The molecule has 1 fully saturated rings. The first kappa shape index (κ1) is 16.2. The van der Waals surface area contributed by atoms with Crippen LogP contribution in [0.3, 0.4) is 0 Å². The quantitative estimate of drug-likeness (QED) is 0.858. The molecule has 21 heavy (non-hydrogen) atoms. The Morgan fingerprint density at radius 3 is 2.76 bits per heavy atom. The maximum Gasteiger partial charge on any atom is 0.335 e. The van der Waals surface area contributed by atoms with Crippen LogP contribution in [-0.2, 0) is 14.8 Å². The highest BCUT2D eigenvalue weighted by Gasteiger charge is 2.32. The Bertz CT molecular complexity index is 646. The van der Waals surface area contributed by atoms with E-state index in [2.05, 4.69) is 4.72 Å². The molecule has 116 valence electrons. The van der Waals surface area contributed by atoms with Gasteiger partial charge in [-0.25, -0.2) is 17.9 Å². The van der Waals surface area contributed by atoms with E-state index in [0.29, 0.717) is 6.42 Å². The molecule has 0 saturated heterocycles. The second-order valence-electron chi connectivity index (χ2n) is 4.88. The summed E-state index contributed by atoms with van der Waals surface area (Å²) in [4.78, 5) is 10.7. The molecule has 1 aliphatic carbocycles. The molecule has 0 aromatic heterocycles. The van der Waals surface area contributed by atoms with E-state index < -0.39 is 16.0 Å². The normalized spacial score (nSPS) is 22.4. The van der Waals surface area contributed by atoms with Crippen LogP contribution in [0.25, 0.3) is 0 Å². The number of nitrogens with one attached hydrogen (secondary N) is 1. The van der Waals surface area contributed by atoms with E-state index in [1.54, 1.807) is 0 Å². The molecule has 1 aromatic rings. The maximum absolute atomic E-state index is 12.4. The molecule has 1 saturated carbocycles. The summed E-state index contributed by atoms with van der Waals surface area (Å²) in [5, 5.41) is 8.94. The number of rotatable bonds is 5. The number of carbonyl (C=O) groups is 1. The van der Waals surface area contributed by atoms with Crippen molar-refractivity contribution in [2.24, 2.45) is 0 Å². The number of aromatic carboxylic acids is 1. The number of ether oxygens (including phenoxy) is 1. The monoisotopic (exact) mass is 333 g/mol. The zero-order valence-electron chi connectivity index (χ0n) is 11.4. The molecule has 0 aliphatic heterocycles. The number of carboxylic acid groups (broad SMARTS) is 1. The van der Waals surface area contributed by atoms with Gasteiger partial charge in [-0.3, -0.25) is 0 Å². The van der Waals surface area contributed by atoms with Crippen LogP contribution in [0.4, 0.5) is 0 Å². The van der Waals surface area contributed by atoms with Gasteiger partial charge >= 0.3 is 5.97 Å². The van der Waals surface area contributed by atoms with Crippen molar-refractivity contribution in [2.45, 2.75) is 36.3 Å². The molecule has 0 amide bonds. The Balaban J connectivity index is 2.31. The minimum atomic E-state index is -3.90. The topological polar surface area (TPSA) is 92.7 Å². The lowest BCUT2D eigenvalue weighted by atomic mass is 10.2. The smallest absolute Gasteiger partial charge is 0.335 e. The Morgan fingerprint density at radius 2 is 2.14 bits per heavy atom. The largest absolute Gasteiger partial charge is 0.478 e. The molecule has 2 rings (SSSR count). The Kier molecular flexibility index (Phi) is 4.88. The van der Waals surface area contributed by atoms with Crippen molar-refractivity contribution < 1.29 is 23.1 Å². The van der Waals surface area contributed by atoms with E-state index in [1.807, 2.05) is 0 Å². The van der Waals surface area contributed by atoms with E-state index >= 15 is 0 Å². The first-order valence-electron chi connectivity index (χ1n) is 6.43. The SMILES string of the molecule is COC1CCCC1NS(=O)(=O)c1cc(C(=O)O)ccc1Cl. The molecular formula is C13H16ClNO5S. The van der Waals surface area contributed by atoms with Gasteiger partial charge in [0.15, 0.2) is 0 Å². The molecule has 2 atom stereocenters. The van der Waals surface area contributed by atoms with Crippen LogP contribution in [0.5, 0.6) is 0 Å². The number of carboxylic acids is 1. The lowest BCUT2D eigenvalue weighted by Gasteiger charge is -2.20. The van der Waals surface area contributed by atoms with Crippen LogP contribution in [0.2, 0.25) is 5.02 Å². The molecule has 0 radical (unpaired) electrons. The average Bonchev–Trinajstić information content (AvgIpc) is 2.85. The van der Waals surface area contributed by atoms with Crippen molar-refractivity contribution in [3.8, 4) is 0 Å². The summed E-state index contributed by atoms with van der Waals surface area (Å²) < 4.78 is 32.6. The summed E-state index contributed by atoms with van der Waals surface area (Å²) >= 11 is 5.90. The van der Waals surface area contributed by atoms with Crippen LogP contribution >= 0.6 is 11.6 Å². The van der Waals surface area contributed by atoms with Gasteiger partial charge in [-0.05, 0) is 37.5 Å². The van der Waals surface area contributed by atoms with Gasteiger partial charge in [0.05, 0.1) is 16.7 Å². The third kappa shape index (κ3) is 3.55. The zero-order chi connectivity index (χ0) is 15.6. The fourth-order valence-corrected chi connectivity index (χ4v) is 4.27. The zero-order valence-corrected chi connectivity index (χ0v) is 12.9. The van der Waals surface area contributed by atoms with Crippen LogP contribution in [0, 0.1) is 0 Å². The second kappa shape index (κ2) is 6.31. The number of hydrogen-bond acceptors (Lipinski definition) is 4. The lowest BCUT2D eigenvalue weighted by Crippen LogP contribution is -2.40. The highest BCUT2D eigenvalue weighted by Crippen LogP contribution is 2.26. The van der Waals surface area contributed by atoms with Crippen molar-refractivity contribution in [2.75, 3.05) is 7.11 Å². The standard InChI is InChI=1S/C13H16ClNO5S/c1-20-11-4-2-3-10(11)15-21(18,19)12-7-8(13(16)17)5-6-9(12)14/h5-7,10-11,15H,2-4H2,1H3,(H,16,17). The van der Waals surface area contributed by atoms with Gasteiger partial charge in [-0.1, -0.05) is 11.6 Å².